The minimum Gasteiger partial charge on any atom is -0.103 e. The van der Waals surface area contributed by atoms with Crippen molar-refractivity contribution in [3.05, 3.63) is 24.8 Å². The Morgan fingerprint density at radius 2 is 1.48 bits per heavy atom. The van der Waals surface area contributed by atoms with Gasteiger partial charge in [-0.25, -0.2) is 0 Å². The molecule has 0 fully saturated rings. The summed E-state index contributed by atoms with van der Waals surface area (Å²) in [5, 5.41) is 0. The zero-order chi connectivity index (χ0) is 17.6. The van der Waals surface area contributed by atoms with Crippen molar-refractivity contribution in [2.45, 2.75) is 104 Å². The highest BCUT2D eigenvalue weighted by Crippen LogP contribution is 2.24. The van der Waals surface area contributed by atoms with Crippen molar-refractivity contribution in [2.24, 2.45) is 11.3 Å². The van der Waals surface area contributed by atoms with Crippen LogP contribution in [0.25, 0.3) is 0 Å². The quantitative estimate of drug-likeness (QED) is 0.165. The first kappa shape index (κ1) is 22.5. The predicted molar refractivity (Wildman–Crippen MR) is 108 cm³/mol. The first-order chi connectivity index (χ1) is 10.9. The summed E-state index contributed by atoms with van der Waals surface area (Å²) in [7, 11) is 5.56. The van der Waals surface area contributed by atoms with Crippen LogP contribution in [-0.2, 0) is 0 Å². The van der Waals surface area contributed by atoms with Crippen molar-refractivity contribution in [1.29, 1.82) is 0 Å². The van der Waals surface area contributed by atoms with Gasteiger partial charge in [0.15, 0.2) is 0 Å². The first-order valence-electron chi connectivity index (χ1n) is 9.88. The molecule has 0 aliphatic carbocycles. The van der Waals surface area contributed by atoms with Gasteiger partial charge < -0.3 is 0 Å². The lowest BCUT2D eigenvalue weighted by molar-refractivity contribution is 0.358. The zero-order valence-electron chi connectivity index (χ0n) is 16.3. The van der Waals surface area contributed by atoms with Crippen molar-refractivity contribution >= 4 is 7.85 Å². The van der Waals surface area contributed by atoms with E-state index in [1.807, 2.05) is 0 Å². The Labute approximate surface area is 148 Å². The topological polar surface area (TPSA) is 0 Å². The number of rotatable bonds is 15. The molecule has 0 aromatic heterocycles. The molecule has 1 unspecified atom stereocenters. The summed E-state index contributed by atoms with van der Waals surface area (Å²) in [4.78, 5) is 0. The summed E-state index contributed by atoms with van der Waals surface area (Å²) in [6.45, 7) is 15.2. The van der Waals surface area contributed by atoms with Gasteiger partial charge in [-0.05, 0) is 56.3 Å². The maximum atomic E-state index is 5.56. The number of allylic oxidation sites excluding steroid dienone is 2. The Kier molecular flexibility index (Phi) is 13.7. The van der Waals surface area contributed by atoms with Gasteiger partial charge in [-0.15, -0.1) is 6.58 Å². The molecule has 0 aliphatic heterocycles. The van der Waals surface area contributed by atoms with Crippen LogP contribution in [-0.4, -0.2) is 7.85 Å². The van der Waals surface area contributed by atoms with Gasteiger partial charge in [0.25, 0.3) is 0 Å². The highest BCUT2D eigenvalue weighted by atomic mass is 14.1. The normalized spacial score (nSPS) is 13.0. The van der Waals surface area contributed by atoms with E-state index < -0.39 is 0 Å². The second-order valence-corrected chi connectivity index (χ2v) is 8.40. The summed E-state index contributed by atoms with van der Waals surface area (Å²) in [5.74, 6) is 0.687. The van der Waals surface area contributed by atoms with Gasteiger partial charge in [0, 0.05) is 0 Å². The second kappa shape index (κ2) is 13.9. The van der Waals surface area contributed by atoms with E-state index in [2.05, 4.69) is 40.0 Å². The molecule has 0 aliphatic rings. The summed E-state index contributed by atoms with van der Waals surface area (Å²) in [5.41, 5.74) is 1.95. The third-order valence-corrected chi connectivity index (χ3v) is 4.67. The molecule has 0 heterocycles. The van der Waals surface area contributed by atoms with Crippen molar-refractivity contribution in [1.82, 2.24) is 0 Å². The molecule has 0 saturated carbocycles. The van der Waals surface area contributed by atoms with Crippen molar-refractivity contribution < 1.29 is 0 Å². The van der Waals surface area contributed by atoms with Crippen LogP contribution in [0, 0.1) is 11.3 Å². The molecule has 1 heteroatoms. The zero-order valence-corrected chi connectivity index (χ0v) is 16.3. The van der Waals surface area contributed by atoms with Crippen molar-refractivity contribution in [3.8, 4) is 0 Å². The average molecular weight is 316 g/mol. The van der Waals surface area contributed by atoms with E-state index >= 15 is 0 Å². The second-order valence-electron chi connectivity index (χ2n) is 8.40. The summed E-state index contributed by atoms with van der Waals surface area (Å²) in [6, 6.07) is 0. The average Bonchev–Trinajstić information content (AvgIpc) is 2.48. The fourth-order valence-corrected chi connectivity index (χ4v) is 3.04. The largest absolute Gasteiger partial charge is 0.103 e. The van der Waals surface area contributed by atoms with Gasteiger partial charge in [-0.3, -0.25) is 0 Å². The van der Waals surface area contributed by atoms with E-state index in [9.17, 15) is 0 Å². The van der Waals surface area contributed by atoms with E-state index in [1.165, 1.54) is 76.2 Å². The Morgan fingerprint density at radius 1 is 0.913 bits per heavy atom. The Bertz CT molecular complexity index is 298. The molecule has 0 nitrogen and oxygen atoms in total. The molecule has 0 spiro atoms. The van der Waals surface area contributed by atoms with E-state index in [0.29, 0.717) is 11.3 Å². The van der Waals surface area contributed by atoms with Gasteiger partial charge in [-0.2, -0.15) is 0 Å². The molecule has 0 saturated heterocycles. The van der Waals surface area contributed by atoms with Crippen LogP contribution in [0.3, 0.4) is 0 Å². The lowest BCUT2D eigenvalue weighted by Gasteiger charge is -2.17. The van der Waals surface area contributed by atoms with E-state index in [1.54, 1.807) is 0 Å². The molecule has 0 aromatic rings. The number of hydrogen-bond donors (Lipinski definition) is 0. The van der Waals surface area contributed by atoms with Gasteiger partial charge in [0.1, 0.15) is 0 Å². The lowest BCUT2D eigenvalue weighted by atomic mass is 9.89. The monoisotopic (exact) mass is 316 g/mol. The van der Waals surface area contributed by atoms with Gasteiger partial charge in [0.05, 0.1) is 7.85 Å². The summed E-state index contributed by atoms with van der Waals surface area (Å²) >= 11 is 0. The molecule has 0 N–H and O–H groups in total. The van der Waals surface area contributed by atoms with E-state index in [-0.39, 0.29) is 0 Å². The Morgan fingerprint density at radius 3 is 2.00 bits per heavy atom. The molecule has 0 bridgehead atoms. The molecule has 0 rings (SSSR count). The first-order valence-corrected chi connectivity index (χ1v) is 9.88. The molecule has 132 valence electrons. The smallest absolute Gasteiger partial charge is 0.0653 e. The van der Waals surface area contributed by atoms with Gasteiger partial charge in [-0.1, -0.05) is 77.4 Å². The molecular formula is C22H41B. The Balaban J connectivity index is 3.53. The minimum absolute atomic E-state index is 0.489. The van der Waals surface area contributed by atoms with Gasteiger partial charge in [0.2, 0.25) is 0 Å². The standard InChI is InChI=1S/C22H41B/c1-6-21(17-11-13-19-23)16-10-9-15-20(2)14-8-7-12-18-22(3,4)5/h6,21H,1-2,7-19H2,3-5H3. The molecular weight excluding hydrogens is 275 g/mol. The van der Waals surface area contributed by atoms with Gasteiger partial charge >= 0.3 is 0 Å². The fraction of sp³-hybridized carbons (Fsp3) is 0.818. The third-order valence-electron chi connectivity index (χ3n) is 4.67. The van der Waals surface area contributed by atoms with E-state index in [0.717, 1.165) is 12.7 Å². The molecule has 0 amide bonds. The summed E-state index contributed by atoms with van der Waals surface area (Å²) in [6.07, 6.45) is 18.3. The highest BCUT2D eigenvalue weighted by molar-refractivity contribution is 6.08. The maximum absolute atomic E-state index is 5.56. The minimum atomic E-state index is 0.489. The SMILES string of the molecule is [B]CCCCC(C=C)CCCCC(=C)CCCCCC(C)(C)C. The van der Waals surface area contributed by atoms with Crippen molar-refractivity contribution in [2.75, 3.05) is 0 Å². The predicted octanol–water partition coefficient (Wildman–Crippen LogP) is 7.66. The molecule has 23 heavy (non-hydrogen) atoms. The number of hydrogen-bond acceptors (Lipinski definition) is 0. The highest BCUT2D eigenvalue weighted by Gasteiger charge is 2.09. The van der Waals surface area contributed by atoms with Crippen LogP contribution in [0.1, 0.15) is 97.8 Å². The lowest BCUT2D eigenvalue weighted by Crippen LogP contribution is -2.03. The van der Waals surface area contributed by atoms with E-state index in [4.69, 9.17) is 7.85 Å². The van der Waals surface area contributed by atoms with Crippen molar-refractivity contribution in [3.63, 3.8) is 0 Å². The van der Waals surface area contributed by atoms with Crippen LogP contribution < -0.4 is 0 Å². The molecule has 1 atom stereocenters. The summed E-state index contributed by atoms with van der Waals surface area (Å²) < 4.78 is 0. The van der Waals surface area contributed by atoms with Crippen LogP contribution in [0.2, 0.25) is 6.32 Å². The van der Waals surface area contributed by atoms with Crippen LogP contribution >= 0.6 is 0 Å². The maximum Gasteiger partial charge on any atom is 0.0653 e. The van der Waals surface area contributed by atoms with Crippen LogP contribution in [0.15, 0.2) is 24.8 Å². The van der Waals surface area contributed by atoms with Crippen LogP contribution in [0.4, 0.5) is 0 Å². The molecule has 2 radical (unpaired) electrons. The van der Waals surface area contributed by atoms with Crippen LogP contribution in [0.5, 0.6) is 0 Å². The molecule has 0 aromatic carbocycles. The number of unbranched alkanes of at least 4 members (excludes halogenated alkanes) is 4. The fourth-order valence-electron chi connectivity index (χ4n) is 3.04. The Hall–Kier alpha value is -0.455. The third kappa shape index (κ3) is 16.2.